The number of fused-ring (bicyclic) bond motifs is 1. The van der Waals surface area contributed by atoms with Crippen LogP contribution >= 0.6 is 0 Å². The van der Waals surface area contributed by atoms with Crippen molar-refractivity contribution in [1.29, 1.82) is 0 Å². The van der Waals surface area contributed by atoms with Crippen LogP contribution in [0.4, 0.5) is 11.8 Å². The maximum atomic E-state index is 9.41. The van der Waals surface area contributed by atoms with Crippen LogP contribution in [0.1, 0.15) is 13.3 Å². The molecular weight excluding hydrogens is 236 g/mol. The molecule has 0 unspecified atom stereocenters. The highest BCUT2D eigenvalue weighted by atomic mass is 16.3. The predicted molar refractivity (Wildman–Crippen MR) is 66.9 cm³/mol. The number of aliphatic hydroxyl groups excluding tert-OH is 2. The molecule has 0 saturated carbocycles. The lowest BCUT2D eigenvalue weighted by molar-refractivity contribution is 0.132. The Hall–Kier alpha value is -1.93. The maximum absolute atomic E-state index is 9.41. The molecule has 0 spiro atoms. The Morgan fingerprint density at radius 2 is 2.11 bits per heavy atom. The molecule has 0 amide bonds. The zero-order chi connectivity index (χ0) is 13.2. The summed E-state index contributed by atoms with van der Waals surface area (Å²) in [4.78, 5) is 8.06. The van der Waals surface area contributed by atoms with E-state index in [1.165, 1.54) is 0 Å². The summed E-state index contributed by atoms with van der Waals surface area (Å²) in [7, 11) is 0. The third-order valence-corrected chi connectivity index (χ3v) is 2.99. The number of nitrogen functional groups attached to an aromatic ring is 1. The predicted octanol–water partition coefficient (Wildman–Crippen LogP) is -0.520. The van der Waals surface area contributed by atoms with E-state index in [0.29, 0.717) is 23.3 Å². The molecule has 8 heteroatoms. The molecule has 0 saturated heterocycles. The molecule has 2 rings (SSSR count). The molecule has 0 atom stereocenters. The van der Waals surface area contributed by atoms with E-state index in [4.69, 9.17) is 5.73 Å². The van der Waals surface area contributed by atoms with Crippen LogP contribution in [0.5, 0.6) is 0 Å². The number of hydrogen-bond donors (Lipinski definition) is 5. The summed E-state index contributed by atoms with van der Waals surface area (Å²) in [5.74, 6) is 0.534. The standard InChI is InChI=1S/C10H16N6O2/c1-2-10(4-17,5-18)15-7-6-3-12-16-8(6)14-9(11)13-7/h3,17-18H,2,4-5H2,1H3,(H4,11,12,13,14,15,16). The molecular formula is C10H16N6O2. The van der Waals surface area contributed by atoms with Gasteiger partial charge in [-0.1, -0.05) is 6.92 Å². The molecule has 0 aliphatic carbocycles. The van der Waals surface area contributed by atoms with Gasteiger partial charge in [-0.25, -0.2) is 0 Å². The van der Waals surface area contributed by atoms with Gasteiger partial charge in [0.25, 0.3) is 0 Å². The van der Waals surface area contributed by atoms with E-state index in [2.05, 4.69) is 25.5 Å². The highest BCUT2D eigenvalue weighted by Gasteiger charge is 2.28. The largest absolute Gasteiger partial charge is 0.394 e. The summed E-state index contributed by atoms with van der Waals surface area (Å²) in [5, 5.41) is 29.1. The zero-order valence-electron chi connectivity index (χ0n) is 10.0. The molecule has 0 bridgehead atoms. The first kappa shape index (κ1) is 12.5. The van der Waals surface area contributed by atoms with Crippen LogP contribution < -0.4 is 11.1 Å². The van der Waals surface area contributed by atoms with Gasteiger partial charge in [0.05, 0.1) is 30.3 Å². The molecule has 18 heavy (non-hydrogen) atoms. The molecule has 0 aliphatic heterocycles. The van der Waals surface area contributed by atoms with Gasteiger partial charge in [-0.2, -0.15) is 15.1 Å². The van der Waals surface area contributed by atoms with Gasteiger partial charge in [0.2, 0.25) is 5.95 Å². The van der Waals surface area contributed by atoms with Crippen molar-refractivity contribution in [2.24, 2.45) is 0 Å². The van der Waals surface area contributed by atoms with Crippen molar-refractivity contribution in [3.63, 3.8) is 0 Å². The number of rotatable bonds is 5. The SMILES string of the molecule is CCC(CO)(CO)Nc1nc(N)nc2[nH]ncc12. The molecule has 2 heterocycles. The monoisotopic (exact) mass is 252 g/mol. The third kappa shape index (κ3) is 2.07. The highest BCUT2D eigenvalue weighted by Crippen LogP contribution is 2.23. The van der Waals surface area contributed by atoms with Crippen LogP contribution in [0.2, 0.25) is 0 Å². The smallest absolute Gasteiger partial charge is 0.224 e. The fourth-order valence-corrected chi connectivity index (χ4v) is 1.64. The highest BCUT2D eigenvalue weighted by molar-refractivity contribution is 5.87. The second-order valence-electron chi connectivity index (χ2n) is 4.14. The van der Waals surface area contributed by atoms with E-state index < -0.39 is 5.54 Å². The average molecular weight is 252 g/mol. The minimum Gasteiger partial charge on any atom is -0.394 e. The van der Waals surface area contributed by atoms with Crippen molar-refractivity contribution >= 4 is 22.8 Å². The van der Waals surface area contributed by atoms with Crippen molar-refractivity contribution in [3.8, 4) is 0 Å². The summed E-state index contributed by atoms with van der Waals surface area (Å²) >= 11 is 0. The number of nitrogens with two attached hydrogens (primary N) is 1. The van der Waals surface area contributed by atoms with Crippen molar-refractivity contribution in [2.75, 3.05) is 24.3 Å². The fourth-order valence-electron chi connectivity index (χ4n) is 1.64. The van der Waals surface area contributed by atoms with Crippen molar-refractivity contribution in [1.82, 2.24) is 20.2 Å². The van der Waals surface area contributed by atoms with Crippen LogP contribution in [0, 0.1) is 0 Å². The van der Waals surface area contributed by atoms with Crippen LogP contribution in [0.3, 0.4) is 0 Å². The number of H-pyrrole nitrogens is 1. The van der Waals surface area contributed by atoms with Gasteiger partial charge in [-0.3, -0.25) is 5.10 Å². The Bertz CT molecular complexity index is 528. The maximum Gasteiger partial charge on any atom is 0.224 e. The minimum absolute atomic E-state index is 0.0927. The number of aromatic nitrogens is 4. The summed E-state index contributed by atoms with van der Waals surface area (Å²) in [6, 6.07) is 0. The van der Waals surface area contributed by atoms with Gasteiger partial charge in [0.1, 0.15) is 5.82 Å². The fraction of sp³-hybridized carbons (Fsp3) is 0.500. The summed E-state index contributed by atoms with van der Waals surface area (Å²) < 4.78 is 0. The van der Waals surface area contributed by atoms with Gasteiger partial charge < -0.3 is 21.3 Å². The third-order valence-electron chi connectivity index (χ3n) is 2.99. The second kappa shape index (κ2) is 4.75. The number of nitrogens with zero attached hydrogens (tertiary/aromatic N) is 3. The van der Waals surface area contributed by atoms with Gasteiger partial charge >= 0.3 is 0 Å². The average Bonchev–Trinajstić information content (AvgIpc) is 2.84. The topological polar surface area (TPSA) is 133 Å². The minimum atomic E-state index is -0.842. The van der Waals surface area contributed by atoms with E-state index in [-0.39, 0.29) is 19.2 Å². The first-order chi connectivity index (χ1) is 8.64. The molecule has 6 N–H and O–H groups in total. The van der Waals surface area contributed by atoms with Crippen LogP contribution in [0.15, 0.2) is 6.20 Å². The second-order valence-corrected chi connectivity index (χ2v) is 4.14. The summed E-state index contributed by atoms with van der Waals surface area (Å²) in [6.45, 7) is 1.42. The van der Waals surface area contributed by atoms with Crippen LogP contribution in [0.25, 0.3) is 11.0 Å². The van der Waals surface area contributed by atoms with Gasteiger partial charge in [-0.05, 0) is 6.42 Å². The molecule has 0 aliphatic rings. The first-order valence-electron chi connectivity index (χ1n) is 5.60. The molecule has 2 aromatic heterocycles. The lowest BCUT2D eigenvalue weighted by Gasteiger charge is -2.30. The quantitative estimate of drug-likeness (QED) is 0.483. The van der Waals surface area contributed by atoms with Crippen molar-refractivity contribution < 1.29 is 10.2 Å². The molecule has 98 valence electrons. The van der Waals surface area contributed by atoms with Crippen LogP contribution in [-0.2, 0) is 0 Å². The molecule has 0 fully saturated rings. The van der Waals surface area contributed by atoms with E-state index in [0.717, 1.165) is 0 Å². The summed E-state index contributed by atoms with van der Waals surface area (Å²) in [6.07, 6.45) is 2.09. The molecule has 0 radical (unpaired) electrons. The molecule has 8 nitrogen and oxygen atoms in total. The number of anilines is 2. The normalized spacial score (nSPS) is 11.9. The Balaban J connectivity index is 2.44. The Labute approximate surface area is 103 Å². The van der Waals surface area contributed by atoms with E-state index in [9.17, 15) is 10.2 Å². The number of aromatic amines is 1. The number of hydrogen-bond acceptors (Lipinski definition) is 7. The van der Waals surface area contributed by atoms with E-state index in [1.807, 2.05) is 6.92 Å². The molecule has 2 aromatic rings. The summed E-state index contributed by atoms with van der Waals surface area (Å²) in [5.41, 5.74) is 5.26. The van der Waals surface area contributed by atoms with E-state index in [1.54, 1.807) is 6.20 Å². The lowest BCUT2D eigenvalue weighted by atomic mass is 9.98. The van der Waals surface area contributed by atoms with Crippen molar-refractivity contribution in [2.45, 2.75) is 18.9 Å². The van der Waals surface area contributed by atoms with Crippen molar-refractivity contribution in [3.05, 3.63) is 6.20 Å². The first-order valence-corrected chi connectivity index (χ1v) is 5.60. The van der Waals surface area contributed by atoms with Gasteiger partial charge in [0.15, 0.2) is 5.65 Å². The van der Waals surface area contributed by atoms with Crippen LogP contribution in [-0.4, -0.2) is 49.1 Å². The Kier molecular flexibility index (Phi) is 3.30. The van der Waals surface area contributed by atoms with E-state index >= 15 is 0 Å². The molecule has 0 aromatic carbocycles. The zero-order valence-corrected chi connectivity index (χ0v) is 10.0. The van der Waals surface area contributed by atoms with Gasteiger partial charge in [-0.15, -0.1) is 0 Å². The lowest BCUT2D eigenvalue weighted by Crippen LogP contribution is -2.45. The Morgan fingerprint density at radius 1 is 1.39 bits per heavy atom. The van der Waals surface area contributed by atoms with Gasteiger partial charge in [0, 0.05) is 0 Å². The Morgan fingerprint density at radius 3 is 2.72 bits per heavy atom. The number of nitrogens with one attached hydrogen (secondary N) is 2. The number of aliphatic hydroxyl groups is 2.